The van der Waals surface area contributed by atoms with Gasteiger partial charge >= 0.3 is 6.18 Å². The highest BCUT2D eigenvalue weighted by Gasteiger charge is 2.40. The Bertz CT molecular complexity index is 702. The first-order valence-corrected chi connectivity index (χ1v) is 9.07. The summed E-state index contributed by atoms with van der Waals surface area (Å²) in [4.78, 5) is 33.8. The lowest BCUT2D eigenvalue weighted by atomic mass is 10.0. The van der Waals surface area contributed by atoms with Crippen molar-refractivity contribution in [1.82, 2.24) is 19.7 Å². The van der Waals surface area contributed by atoms with Gasteiger partial charge in [-0.05, 0) is 31.9 Å². The quantitative estimate of drug-likeness (QED) is 0.796. The normalized spacial score (nSPS) is 22.2. The minimum Gasteiger partial charge on any atom is -0.335 e. The van der Waals surface area contributed by atoms with Crippen molar-refractivity contribution in [3.8, 4) is 0 Å². The number of carbonyl (C=O) groups excluding carboxylic acids is 2. The van der Waals surface area contributed by atoms with Crippen molar-refractivity contribution < 1.29 is 22.8 Å². The lowest BCUT2D eigenvalue weighted by Crippen LogP contribution is -2.59. The molecule has 3 rings (SSSR count). The Hall–Kier alpha value is -2.16. The summed E-state index contributed by atoms with van der Waals surface area (Å²) in [6, 6.07) is 4.73. The van der Waals surface area contributed by atoms with Crippen LogP contribution >= 0.6 is 0 Å². The van der Waals surface area contributed by atoms with Gasteiger partial charge in [0.15, 0.2) is 0 Å². The first-order chi connectivity index (χ1) is 12.7. The molecule has 0 aromatic carbocycles. The van der Waals surface area contributed by atoms with Crippen molar-refractivity contribution in [2.75, 3.05) is 39.3 Å². The number of aromatic nitrogens is 1. The molecule has 2 amide bonds. The maximum Gasteiger partial charge on any atom is 0.406 e. The van der Waals surface area contributed by atoms with Crippen LogP contribution in [0.25, 0.3) is 0 Å². The van der Waals surface area contributed by atoms with Crippen molar-refractivity contribution in [2.45, 2.75) is 32.0 Å². The zero-order chi connectivity index (χ0) is 19.6. The summed E-state index contributed by atoms with van der Waals surface area (Å²) in [7, 11) is 0. The van der Waals surface area contributed by atoms with E-state index in [1.165, 1.54) is 0 Å². The van der Waals surface area contributed by atoms with E-state index in [2.05, 4.69) is 4.98 Å². The third-order valence-corrected chi connectivity index (χ3v) is 5.02. The van der Waals surface area contributed by atoms with Crippen LogP contribution in [-0.2, 0) is 4.79 Å². The Morgan fingerprint density at radius 1 is 1.19 bits per heavy atom. The van der Waals surface area contributed by atoms with E-state index in [1.807, 2.05) is 17.9 Å². The summed E-state index contributed by atoms with van der Waals surface area (Å²) in [6.07, 6.45) is -3.27. The molecule has 0 bridgehead atoms. The number of halogens is 3. The van der Waals surface area contributed by atoms with Crippen LogP contribution in [0.5, 0.6) is 0 Å². The largest absolute Gasteiger partial charge is 0.406 e. The molecule has 6 nitrogen and oxygen atoms in total. The fourth-order valence-corrected chi connectivity index (χ4v) is 3.69. The van der Waals surface area contributed by atoms with Crippen LogP contribution in [0.2, 0.25) is 0 Å². The van der Waals surface area contributed by atoms with Gasteiger partial charge < -0.3 is 9.80 Å². The number of amides is 2. The number of hydrogen-bond acceptors (Lipinski definition) is 4. The number of piperidine rings is 1. The van der Waals surface area contributed by atoms with E-state index in [-0.39, 0.29) is 12.5 Å². The van der Waals surface area contributed by atoms with Crippen LogP contribution in [-0.4, -0.2) is 83.0 Å². The molecule has 0 saturated carbocycles. The molecule has 1 atom stereocenters. The van der Waals surface area contributed by atoms with Gasteiger partial charge in [-0.3, -0.25) is 14.5 Å². The summed E-state index contributed by atoms with van der Waals surface area (Å²) in [5.41, 5.74) is 1.14. The SMILES string of the molecule is Cc1cccc(C(=O)N2CCN([C@@H]3CCCN(CC(F)(F)F)C3=O)CC2)n1. The highest BCUT2D eigenvalue weighted by atomic mass is 19.4. The fraction of sp³-hybridized carbons (Fsp3) is 0.611. The van der Waals surface area contributed by atoms with Crippen molar-refractivity contribution in [3.63, 3.8) is 0 Å². The molecule has 0 radical (unpaired) electrons. The van der Waals surface area contributed by atoms with E-state index < -0.39 is 24.7 Å². The van der Waals surface area contributed by atoms with E-state index in [0.29, 0.717) is 44.7 Å². The summed E-state index contributed by atoms with van der Waals surface area (Å²) in [5.74, 6) is -0.620. The number of pyridine rings is 1. The lowest BCUT2D eigenvalue weighted by molar-refractivity contribution is -0.168. The van der Waals surface area contributed by atoms with Gasteiger partial charge in [0.2, 0.25) is 5.91 Å². The topological polar surface area (TPSA) is 56.8 Å². The number of likely N-dealkylation sites (tertiary alicyclic amines) is 1. The molecule has 27 heavy (non-hydrogen) atoms. The number of rotatable bonds is 3. The van der Waals surface area contributed by atoms with Gasteiger partial charge in [-0.2, -0.15) is 13.2 Å². The predicted molar refractivity (Wildman–Crippen MR) is 92.1 cm³/mol. The third kappa shape index (κ3) is 4.77. The monoisotopic (exact) mass is 384 g/mol. The smallest absolute Gasteiger partial charge is 0.335 e. The molecule has 3 heterocycles. The number of alkyl halides is 3. The summed E-state index contributed by atoms with van der Waals surface area (Å²) < 4.78 is 38.0. The molecule has 0 N–H and O–H groups in total. The molecule has 2 fully saturated rings. The van der Waals surface area contributed by atoms with Crippen molar-refractivity contribution in [1.29, 1.82) is 0 Å². The second kappa shape index (κ2) is 7.84. The molecular weight excluding hydrogens is 361 g/mol. The third-order valence-electron chi connectivity index (χ3n) is 5.02. The Balaban J connectivity index is 1.58. The molecule has 0 aliphatic carbocycles. The minimum absolute atomic E-state index is 0.145. The van der Waals surface area contributed by atoms with E-state index >= 15 is 0 Å². The Kier molecular flexibility index (Phi) is 5.69. The van der Waals surface area contributed by atoms with E-state index in [9.17, 15) is 22.8 Å². The molecule has 148 valence electrons. The molecule has 1 aromatic heterocycles. The van der Waals surface area contributed by atoms with Crippen LogP contribution in [0.4, 0.5) is 13.2 Å². The van der Waals surface area contributed by atoms with Crippen LogP contribution in [0.15, 0.2) is 18.2 Å². The number of piperazine rings is 1. The summed E-state index contributed by atoms with van der Waals surface area (Å²) in [5, 5.41) is 0. The van der Waals surface area contributed by atoms with Crippen LogP contribution in [0.3, 0.4) is 0 Å². The molecule has 1 aromatic rings. The molecule has 0 unspecified atom stereocenters. The van der Waals surface area contributed by atoms with Gasteiger partial charge in [0.05, 0.1) is 6.04 Å². The van der Waals surface area contributed by atoms with Crippen LogP contribution in [0.1, 0.15) is 29.0 Å². The number of aryl methyl sites for hydroxylation is 1. The first kappa shape index (κ1) is 19.6. The summed E-state index contributed by atoms with van der Waals surface area (Å²) >= 11 is 0. The van der Waals surface area contributed by atoms with Gasteiger partial charge in [-0.1, -0.05) is 6.07 Å². The van der Waals surface area contributed by atoms with Gasteiger partial charge in [-0.15, -0.1) is 0 Å². The summed E-state index contributed by atoms with van der Waals surface area (Å²) in [6.45, 7) is 2.55. The van der Waals surface area contributed by atoms with Crippen molar-refractivity contribution in [3.05, 3.63) is 29.6 Å². The molecule has 9 heteroatoms. The van der Waals surface area contributed by atoms with Crippen molar-refractivity contribution in [2.24, 2.45) is 0 Å². The zero-order valence-corrected chi connectivity index (χ0v) is 15.2. The van der Waals surface area contributed by atoms with E-state index in [1.54, 1.807) is 17.0 Å². The highest BCUT2D eigenvalue weighted by molar-refractivity contribution is 5.92. The maximum absolute atomic E-state index is 12.7. The van der Waals surface area contributed by atoms with Gasteiger partial charge in [-0.25, -0.2) is 4.98 Å². The Morgan fingerprint density at radius 3 is 2.52 bits per heavy atom. The Morgan fingerprint density at radius 2 is 1.89 bits per heavy atom. The average Bonchev–Trinajstić information content (AvgIpc) is 2.62. The highest BCUT2D eigenvalue weighted by Crippen LogP contribution is 2.24. The van der Waals surface area contributed by atoms with Gasteiger partial charge in [0.25, 0.3) is 5.91 Å². The lowest BCUT2D eigenvalue weighted by Gasteiger charge is -2.42. The predicted octanol–water partition coefficient (Wildman–Crippen LogP) is 1.70. The number of carbonyl (C=O) groups is 2. The van der Waals surface area contributed by atoms with Crippen molar-refractivity contribution >= 4 is 11.8 Å². The van der Waals surface area contributed by atoms with E-state index in [0.717, 1.165) is 10.6 Å². The molecule has 2 saturated heterocycles. The zero-order valence-electron chi connectivity index (χ0n) is 15.2. The van der Waals surface area contributed by atoms with E-state index in [4.69, 9.17) is 0 Å². The van der Waals surface area contributed by atoms with Crippen LogP contribution < -0.4 is 0 Å². The standard InChI is InChI=1S/C18H23F3N4O2/c1-13-4-2-5-14(22-13)16(26)24-10-8-23(9-11-24)15-6-3-7-25(17(15)27)12-18(19,20)21/h2,4-5,15H,3,6-12H2,1H3/t15-/m1/s1. The molecule has 2 aliphatic heterocycles. The average molecular weight is 384 g/mol. The maximum atomic E-state index is 12.7. The fourth-order valence-electron chi connectivity index (χ4n) is 3.69. The molecular formula is C18H23F3N4O2. The van der Waals surface area contributed by atoms with Crippen LogP contribution in [0, 0.1) is 6.92 Å². The van der Waals surface area contributed by atoms with Gasteiger partial charge in [0, 0.05) is 38.4 Å². The number of nitrogens with zero attached hydrogens (tertiary/aromatic N) is 4. The minimum atomic E-state index is -4.39. The Labute approximate surface area is 155 Å². The number of hydrogen-bond donors (Lipinski definition) is 0. The second-order valence-corrected chi connectivity index (χ2v) is 7.03. The second-order valence-electron chi connectivity index (χ2n) is 7.03. The molecule has 0 spiro atoms. The van der Waals surface area contributed by atoms with Gasteiger partial charge in [0.1, 0.15) is 12.2 Å². The first-order valence-electron chi connectivity index (χ1n) is 9.07. The molecule has 2 aliphatic rings.